The molecule has 128 valence electrons. The van der Waals surface area contributed by atoms with Gasteiger partial charge in [-0.15, -0.1) is 0 Å². The van der Waals surface area contributed by atoms with Crippen molar-refractivity contribution < 1.29 is 17.9 Å². The van der Waals surface area contributed by atoms with Crippen LogP contribution >= 0.6 is 0 Å². The summed E-state index contributed by atoms with van der Waals surface area (Å²) in [6, 6.07) is 1.01. The second kappa shape index (κ2) is 12.4. The lowest BCUT2D eigenvalue weighted by Crippen LogP contribution is -3.16. The Kier molecular flexibility index (Phi) is 12.3. The molecule has 0 radical (unpaired) electrons. The van der Waals surface area contributed by atoms with Gasteiger partial charge in [-0.3, -0.25) is 0 Å². The molecule has 0 aromatic heterocycles. The zero-order valence-electron chi connectivity index (χ0n) is 14.2. The number of likely N-dealkylation sites (tertiary alicyclic amines) is 1. The van der Waals surface area contributed by atoms with Gasteiger partial charge < -0.3 is 9.45 Å². The van der Waals surface area contributed by atoms with Crippen LogP contribution < -0.4 is 4.90 Å². The van der Waals surface area contributed by atoms with E-state index in [0.29, 0.717) is 6.26 Å². The van der Waals surface area contributed by atoms with Crippen LogP contribution in [0.5, 0.6) is 0 Å². The van der Waals surface area contributed by atoms with Gasteiger partial charge in [0.1, 0.15) is 0 Å². The molecular formula is C16H35NO3S. The van der Waals surface area contributed by atoms with Gasteiger partial charge >= 0.3 is 0 Å². The maximum absolute atomic E-state index is 9.08. The highest BCUT2D eigenvalue weighted by molar-refractivity contribution is 7.84. The quantitative estimate of drug-likeness (QED) is 0.551. The Morgan fingerprint density at radius 3 is 2.24 bits per heavy atom. The van der Waals surface area contributed by atoms with Gasteiger partial charge in [0.2, 0.25) is 0 Å². The van der Waals surface area contributed by atoms with Crippen molar-refractivity contribution in [3.8, 4) is 0 Å². The number of unbranched alkanes of at least 4 members (excludes halogenated alkanes) is 4. The summed E-state index contributed by atoms with van der Waals surface area (Å²) in [6.07, 6.45) is 15.1. The third-order valence-corrected chi connectivity index (χ3v) is 4.14. The van der Waals surface area contributed by atoms with Gasteiger partial charge in [-0.2, -0.15) is 0 Å². The fourth-order valence-corrected chi connectivity index (χ4v) is 3.06. The highest BCUT2D eigenvalue weighted by atomic mass is 32.2. The molecular weight excluding hydrogens is 286 g/mol. The fourth-order valence-electron chi connectivity index (χ4n) is 3.06. The predicted molar refractivity (Wildman–Crippen MR) is 87.6 cm³/mol. The van der Waals surface area contributed by atoms with Crippen LogP contribution in [0.2, 0.25) is 0 Å². The summed E-state index contributed by atoms with van der Waals surface area (Å²) in [5, 5.41) is 0. The molecule has 5 heteroatoms. The number of rotatable bonds is 8. The highest BCUT2D eigenvalue weighted by Gasteiger charge is 2.24. The molecule has 1 saturated heterocycles. The molecule has 0 aromatic rings. The summed E-state index contributed by atoms with van der Waals surface area (Å²) in [5.74, 6) is 0. The predicted octanol–water partition coefficient (Wildman–Crippen LogP) is 2.36. The lowest BCUT2D eigenvalue weighted by atomic mass is 9.97. The van der Waals surface area contributed by atoms with Crippen molar-refractivity contribution >= 4 is 10.1 Å². The van der Waals surface area contributed by atoms with E-state index < -0.39 is 10.1 Å². The molecule has 0 amide bonds. The third kappa shape index (κ3) is 14.6. The largest absolute Gasteiger partial charge is 0.748 e. The topological polar surface area (TPSA) is 61.6 Å². The Morgan fingerprint density at radius 1 is 1.05 bits per heavy atom. The van der Waals surface area contributed by atoms with Gasteiger partial charge in [-0.05, 0) is 44.9 Å². The summed E-state index contributed by atoms with van der Waals surface area (Å²) in [5.41, 5.74) is 0. The minimum Gasteiger partial charge on any atom is -0.748 e. The monoisotopic (exact) mass is 321 g/mol. The van der Waals surface area contributed by atoms with Crippen molar-refractivity contribution in [2.24, 2.45) is 0 Å². The number of nitrogens with one attached hydrogen (secondary N) is 1. The van der Waals surface area contributed by atoms with E-state index in [0.717, 1.165) is 6.04 Å². The summed E-state index contributed by atoms with van der Waals surface area (Å²) in [4.78, 5) is 1.94. The molecule has 1 aliphatic rings. The third-order valence-electron chi connectivity index (χ3n) is 4.14. The molecule has 21 heavy (non-hydrogen) atoms. The van der Waals surface area contributed by atoms with Crippen LogP contribution in [0.4, 0.5) is 0 Å². The van der Waals surface area contributed by atoms with Gasteiger partial charge in [0.25, 0.3) is 0 Å². The summed E-state index contributed by atoms with van der Waals surface area (Å²) in [6.45, 7) is 7.54. The van der Waals surface area contributed by atoms with E-state index in [9.17, 15) is 0 Å². The van der Waals surface area contributed by atoms with Gasteiger partial charge in [-0.25, -0.2) is 8.42 Å². The molecule has 0 bridgehead atoms. The Morgan fingerprint density at radius 2 is 1.67 bits per heavy atom. The minimum absolute atomic E-state index is 0.604. The molecule has 1 aliphatic heterocycles. The number of hydrogen-bond acceptors (Lipinski definition) is 3. The normalized spacial score (nSPS) is 22.5. The Hall–Kier alpha value is -0.130. The van der Waals surface area contributed by atoms with E-state index in [1.54, 1.807) is 0 Å². The number of hydrogen-bond donors (Lipinski definition) is 1. The Labute approximate surface area is 132 Å². The molecule has 1 fully saturated rings. The standard InChI is InChI=1S/C15H31N.CH4O3S/c1-3-5-7-9-13-16-14-10-8-12-15(16)11-6-4-2;1-5(2,3)4/h15H,3-14H2,1-2H3;1H3,(H,2,3,4). The lowest BCUT2D eigenvalue weighted by molar-refractivity contribution is -0.931. The first-order valence-electron chi connectivity index (χ1n) is 8.63. The summed E-state index contributed by atoms with van der Waals surface area (Å²) >= 11 is 0. The molecule has 1 rings (SSSR count). The Balaban J connectivity index is 0.000000690. The second-order valence-electron chi connectivity index (χ2n) is 6.26. The van der Waals surface area contributed by atoms with Gasteiger partial charge in [0, 0.05) is 6.26 Å². The van der Waals surface area contributed by atoms with Crippen molar-refractivity contribution in [1.29, 1.82) is 0 Å². The van der Waals surface area contributed by atoms with Gasteiger partial charge in [0.15, 0.2) is 0 Å². The van der Waals surface area contributed by atoms with Crippen molar-refractivity contribution in [2.75, 3.05) is 19.3 Å². The smallest absolute Gasteiger partial charge is 0.0916 e. The van der Waals surface area contributed by atoms with Crippen LogP contribution in [0.25, 0.3) is 0 Å². The average molecular weight is 322 g/mol. The van der Waals surface area contributed by atoms with E-state index in [1.807, 2.05) is 4.90 Å². The Bertz CT molecular complexity index is 322. The molecule has 0 aliphatic carbocycles. The molecule has 2 unspecified atom stereocenters. The van der Waals surface area contributed by atoms with Gasteiger partial charge in [0.05, 0.1) is 29.2 Å². The first-order chi connectivity index (χ1) is 9.88. The fraction of sp³-hybridized carbons (Fsp3) is 1.00. The van der Waals surface area contributed by atoms with Crippen LogP contribution in [0.15, 0.2) is 0 Å². The zero-order chi connectivity index (χ0) is 16.1. The maximum Gasteiger partial charge on any atom is 0.0916 e. The molecule has 1 heterocycles. The maximum atomic E-state index is 9.08. The van der Waals surface area contributed by atoms with E-state index in [2.05, 4.69) is 13.8 Å². The van der Waals surface area contributed by atoms with Crippen molar-refractivity contribution in [3.63, 3.8) is 0 Å². The van der Waals surface area contributed by atoms with E-state index in [1.165, 1.54) is 77.3 Å². The average Bonchev–Trinajstić information content (AvgIpc) is 2.40. The molecule has 2 atom stereocenters. The SMILES string of the molecule is CCCCCC[NH+]1CCCCC1CCCC.CS(=O)(=O)[O-]. The molecule has 0 spiro atoms. The molecule has 0 aromatic carbocycles. The van der Waals surface area contributed by atoms with Crippen molar-refractivity contribution in [2.45, 2.75) is 84.1 Å². The number of quaternary nitrogens is 1. The minimum atomic E-state index is -3.92. The second-order valence-corrected chi connectivity index (χ2v) is 7.67. The van der Waals surface area contributed by atoms with E-state index in [-0.39, 0.29) is 0 Å². The van der Waals surface area contributed by atoms with Crippen LogP contribution in [0.1, 0.15) is 78.1 Å². The number of piperidine rings is 1. The van der Waals surface area contributed by atoms with Crippen molar-refractivity contribution in [3.05, 3.63) is 0 Å². The van der Waals surface area contributed by atoms with Crippen LogP contribution in [-0.4, -0.2) is 38.4 Å². The molecule has 1 N–H and O–H groups in total. The summed E-state index contributed by atoms with van der Waals surface area (Å²) < 4.78 is 27.2. The first-order valence-corrected chi connectivity index (χ1v) is 10.5. The van der Waals surface area contributed by atoms with E-state index >= 15 is 0 Å². The van der Waals surface area contributed by atoms with Crippen LogP contribution in [0.3, 0.4) is 0 Å². The first kappa shape index (κ1) is 20.9. The van der Waals surface area contributed by atoms with Crippen LogP contribution in [0, 0.1) is 0 Å². The lowest BCUT2D eigenvalue weighted by Gasteiger charge is -2.32. The highest BCUT2D eigenvalue weighted by Crippen LogP contribution is 2.09. The molecule has 4 nitrogen and oxygen atoms in total. The zero-order valence-corrected chi connectivity index (χ0v) is 15.0. The van der Waals surface area contributed by atoms with Gasteiger partial charge in [-0.1, -0.05) is 33.1 Å². The van der Waals surface area contributed by atoms with E-state index in [4.69, 9.17) is 13.0 Å². The molecule has 0 saturated carbocycles. The summed E-state index contributed by atoms with van der Waals surface area (Å²) in [7, 11) is -3.92. The van der Waals surface area contributed by atoms with Crippen LogP contribution in [-0.2, 0) is 10.1 Å². The van der Waals surface area contributed by atoms with Crippen molar-refractivity contribution in [1.82, 2.24) is 0 Å².